The second kappa shape index (κ2) is 9.43. The number of benzene rings is 2. The third-order valence-corrected chi connectivity index (χ3v) is 4.82. The van der Waals surface area contributed by atoms with E-state index in [4.69, 9.17) is 26.9 Å². The molecule has 29 heavy (non-hydrogen) atoms. The molecular weight excluding hydrogens is 394 g/mol. The van der Waals surface area contributed by atoms with E-state index in [1.54, 1.807) is 37.3 Å². The summed E-state index contributed by atoms with van der Waals surface area (Å²) in [7, 11) is 0. The number of nitrogens with one attached hydrogen (secondary N) is 1. The van der Waals surface area contributed by atoms with Gasteiger partial charge in [0.1, 0.15) is 11.9 Å². The number of ether oxygens (including phenoxy) is 2. The van der Waals surface area contributed by atoms with Crippen molar-refractivity contribution in [1.29, 1.82) is 0 Å². The largest absolute Gasteiger partial charge is 0.490 e. The number of carbonyl (C=O) groups is 2. The number of hydrogen-bond acceptors (Lipinski definition) is 6. The van der Waals surface area contributed by atoms with Crippen LogP contribution in [-0.4, -0.2) is 30.8 Å². The molecule has 1 aliphatic rings. The van der Waals surface area contributed by atoms with E-state index < -0.39 is 0 Å². The summed E-state index contributed by atoms with van der Waals surface area (Å²) in [6, 6.07) is 10.4. The van der Waals surface area contributed by atoms with E-state index in [1.807, 2.05) is 6.07 Å². The maximum Gasteiger partial charge on any atom is 0.309 e. The summed E-state index contributed by atoms with van der Waals surface area (Å²) in [4.78, 5) is 24.2. The molecule has 152 valence electrons. The van der Waals surface area contributed by atoms with Crippen LogP contribution in [0.3, 0.4) is 0 Å². The molecule has 0 aliphatic carbocycles. The summed E-state index contributed by atoms with van der Waals surface area (Å²) < 4.78 is 10.9. The Morgan fingerprint density at radius 2 is 2.17 bits per heavy atom. The molecule has 1 unspecified atom stereocenters. The van der Waals surface area contributed by atoms with Gasteiger partial charge in [-0.05, 0) is 61.2 Å². The van der Waals surface area contributed by atoms with Crippen LogP contribution >= 0.6 is 11.6 Å². The number of nitrogens with zero attached hydrogens (tertiary/aromatic N) is 1. The zero-order valence-corrected chi connectivity index (χ0v) is 16.7. The van der Waals surface area contributed by atoms with E-state index in [9.17, 15) is 9.59 Å². The minimum absolute atomic E-state index is 0.198. The lowest BCUT2D eigenvalue weighted by Crippen LogP contribution is -2.26. The first kappa shape index (κ1) is 20.7. The van der Waals surface area contributed by atoms with E-state index in [-0.39, 0.29) is 24.4 Å². The first-order valence-corrected chi connectivity index (χ1v) is 9.67. The zero-order chi connectivity index (χ0) is 20.8. The van der Waals surface area contributed by atoms with Crippen molar-refractivity contribution in [3.63, 3.8) is 0 Å². The van der Waals surface area contributed by atoms with Crippen molar-refractivity contribution in [2.24, 2.45) is 10.9 Å². The number of nitrogens with two attached hydrogens (primary N) is 1. The number of halogens is 1. The van der Waals surface area contributed by atoms with Crippen molar-refractivity contribution in [3.05, 3.63) is 58.1 Å². The molecule has 8 heteroatoms. The Bertz CT molecular complexity index is 946. The van der Waals surface area contributed by atoms with Crippen molar-refractivity contribution in [3.8, 4) is 5.75 Å². The molecule has 0 fully saturated rings. The fourth-order valence-corrected chi connectivity index (χ4v) is 3.43. The molecule has 1 atom stereocenters. The molecule has 3 N–H and O–H groups in total. The first-order valence-electron chi connectivity index (χ1n) is 9.29. The maximum absolute atomic E-state index is 12.6. The van der Waals surface area contributed by atoms with Crippen molar-refractivity contribution in [2.75, 3.05) is 11.9 Å². The van der Waals surface area contributed by atoms with Gasteiger partial charge in [-0.2, -0.15) is 5.10 Å². The normalized spacial score (nSPS) is 15.4. The molecule has 0 spiro atoms. The van der Waals surface area contributed by atoms with Crippen LogP contribution in [0.2, 0.25) is 5.02 Å². The van der Waals surface area contributed by atoms with Crippen LogP contribution in [0.4, 0.5) is 5.69 Å². The molecule has 2 aromatic rings. The molecule has 0 radical (unpaired) electrons. The molecule has 1 heterocycles. The van der Waals surface area contributed by atoms with Crippen molar-refractivity contribution in [1.82, 2.24) is 0 Å². The van der Waals surface area contributed by atoms with E-state index in [1.165, 1.54) is 6.21 Å². The smallest absolute Gasteiger partial charge is 0.309 e. The van der Waals surface area contributed by atoms with E-state index in [2.05, 4.69) is 10.4 Å². The third-order valence-electron chi connectivity index (χ3n) is 4.51. The number of amides is 1. The van der Waals surface area contributed by atoms with E-state index in [0.717, 1.165) is 12.0 Å². The fourth-order valence-electron chi connectivity index (χ4n) is 3.15. The third kappa shape index (κ3) is 5.26. The zero-order valence-electron chi connectivity index (χ0n) is 16.0. The molecule has 0 saturated heterocycles. The van der Waals surface area contributed by atoms with Gasteiger partial charge in [0.25, 0.3) is 5.91 Å². The summed E-state index contributed by atoms with van der Waals surface area (Å²) in [5.74, 6) is 5.27. The van der Waals surface area contributed by atoms with Gasteiger partial charge in [-0.25, -0.2) is 0 Å². The van der Waals surface area contributed by atoms with Gasteiger partial charge in [-0.3, -0.25) is 9.59 Å². The van der Waals surface area contributed by atoms with Crippen LogP contribution in [-0.2, 0) is 16.0 Å². The molecule has 0 saturated carbocycles. The molecule has 1 amide bonds. The van der Waals surface area contributed by atoms with Crippen molar-refractivity contribution < 1.29 is 19.1 Å². The van der Waals surface area contributed by atoms with Crippen LogP contribution in [0.1, 0.15) is 41.3 Å². The highest BCUT2D eigenvalue weighted by molar-refractivity contribution is 6.34. The maximum atomic E-state index is 12.6. The van der Waals surface area contributed by atoms with Gasteiger partial charge in [-0.1, -0.05) is 17.7 Å². The number of anilines is 1. The van der Waals surface area contributed by atoms with Crippen LogP contribution in [0, 0.1) is 0 Å². The topological polar surface area (TPSA) is 103 Å². The fraction of sp³-hybridized carbons (Fsp3) is 0.286. The van der Waals surface area contributed by atoms with Crippen LogP contribution < -0.4 is 15.9 Å². The lowest BCUT2D eigenvalue weighted by molar-refractivity contribution is -0.145. The van der Waals surface area contributed by atoms with Gasteiger partial charge in [0.2, 0.25) is 0 Å². The Kier molecular flexibility index (Phi) is 6.72. The second-order valence-electron chi connectivity index (χ2n) is 6.58. The van der Waals surface area contributed by atoms with Gasteiger partial charge >= 0.3 is 5.97 Å². The Hall–Kier alpha value is -3.06. The predicted molar refractivity (Wildman–Crippen MR) is 112 cm³/mol. The minimum Gasteiger partial charge on any atom is -0.490 e. The highest BCUT2D eigenvalue weighted by atomic mass is 35.5. The van der Waals surface area contributed by atoms with Crippen LogP contribution in [0.5, 0.6) is 5.75 Å². The van der Waals surface area contributed by atoms with E-state index in [0.29, 0.717) is 40.6 Å². The SMILES string of the molecule is CCOC(=O)CC1CCc2cc(NC(=O)c3ccc(C=NN)cc3Cl)ccc2O1. The Balaban J connectivity index is 1.66. The van der Waals surface area contributed by atoms with Gasteiger partial charge in [-0.15, -0.1) is 0 Å². The molecule has 2 aromatic carbocycles. The summed E-state index contributed by atoms with van der Waals surface area (Å²) in [6.07, 6.45) is 2.94. The number of aryl methyl sites for hydroxylation is 1. The average molecular weight is 416 g/mol. The van der Waals surface area contributed by atoms with Gasteiger partial charge in [0, 0.05) is 5.69 Å². The number of fused-ring (bicyclic) bond motifs is 1. The minimum atomic E-state index is -0.317. The quantitative estimate of drug-likeness (QED) is 0.325. The summed E-state index contributed by atoms with van der Waals surface area (Å²) >= 11 is 6.20. The second-order valence-corrected chi connectivity index (χ2v) is 6.99. The van der Waals surface area contributed by atoms with Gasteiger partial charge in [0.15, 0.2) is 0 Å². The molecule has 3 rings (SSSR count). The van der Waals surface area contributed by atoms with Crippen molar-refractivity contribution >= 4 is 35.4 Å². The van der Waals surface area contributed by atoms with Crippen molar-refractivity contribution in [2.45, 2.75) is 32.3 Å². The Morgan fingerprint density at radius 1 is 1.34 bits per heavy atom. The van der Waals surface area contributed by atoms with Gasteiger partial charge < -0.3 is 20.6 Å². The number of hydrazone groups is 1. The van der Waals surface area contributed by atoms with Crippen LogP contribution in [0.15, 0.2) is 41.5 Å². The lowest BCUT2D eigenvalue weighted by Gasteiger charge is -2.26. The molecular formula is C21H22ClN3O4. The number of carbonyl (C=O) groups excluding carboxylic acids is 2. The highest BCUT2D eigenvalue weighted by Gasteiger charge is 2.23. The standard InChI is InChI=1S/C21H22ClN3O4/c1-2-28-20(26)11-16-6-4-14-10-15(5-8-19(14)29-16)25-21(27)17-7-3-13(12-24-23)9-18(17)22/h3,5,7-10,12,16H,2,4,6,11,23H2,1H3,(H,25,27). The number of rotatable bonds is 6. The van der Waals surface area contributed by atoms with Crippen LogP contribution in [0.25, 0.3) is 0 Å². The van der Waals surface area contributed by atoms with E-state index >= 15 is 0 Å². The Morgan fingerprint density at radius 3 is 2.90 bits per heavy atom. The predicted octanol–water partition coefficient (Wildman–Crippen LogP) is 3.53. The molecule has 7 nitrogen and oxygen atoms in total. The number of hydrogen-bond donors (Lipinski definition) is 2. The summed E-state index contributed by atoms with van der Waals surface area (Å²) in [5.41, 5.74) is 2.68. The Labute approximate surface area is 173 Å². The highest BCUT2D eigenvalue weighted by Crippen LogP contribution is 2.31. The number of esters is 1. The van der Waals surface area contributed by atoms with Gasteiger partial charge in [0.05, 0.1) is 29.8 Å². The lowest BCUT2D eigenvalue weighted by atomic mass is 10.00. The molecule has 0 bridgehead atoms. The average Bonchev–Trinajstić information content (AvgIpc) is 2.68. The first-order chi connectivity index (χ1) is 14.0. The molecule has 1 aliphatic heterocycles. The monoisotopic (exact) mass is 415 g/mol. The molecule has 0 aromatic heterocycles. The summed E-state index contributed by atoms with van der Waals surface area (Å²) in [5, 5.41) is 6.60. The summed E-state index contributed by atoms with van der Waals surface area (Å²) in [6.45, 7) is 2.14.